The molecule has 3 unspecified atom stereocenters. The summed E-state index contributed by atoms with van der Waals surface area (Å²) >= 11 is 1.42. The number of sulfonamides is 1. The van der Waals surface area contributed by atoms with E-state index in [9.17, 15) is 17.9 Å². The first-order valence-electron chi connectivity index (χ1n) is 13.0. The molecule has 0 radical (unpaired) electrons. The maximum Gasteiger partial charge on any atom is 0.246 e. The van der Waals surface area contributed by atoms with E-state index in [1.165, 1.54) is 40.5 Å². The molecule has 3 atom stereocenters. The van der Waals surface area contributed by atoms with E-state index in [0.29, 0.717) is 17.8 Å². The smallest absolute Gasteiger partial charge is 0.246 e. The van der Waals surface area contributed by atoms with Crippen molar-refractivity contribution in [1.82, 2.24) is 28.9 Å². The number of aryl methyl sites for hydroxylation is 2. The van der Waals surface area contributed by atoms with Gasteiger partial charge in [0.05, 0.1) is 23.6 Å². The Labute approximate surface area is 234 Å². The van der Waals surface area contributed by atoms with E-state index in [0.717, 1.165) is 27.7 Å². The molecule has 0 amide bonds. The zero-order valence-electron chi connectivity index (χ0n) is 21.9. The van der Waals surface area contributed by atoms with Gasteiger partial charge < -0.3 is 5.11 Å². The molecule has 4 heterocycles. The minimum absolute atomic E-state index is 0.129. The van der Waals surface area contributed by atoms with Gasteiger partial charge in [0.2, 0.25) is 10.0 Å². The van der Waals surface area contributed by atoms with Crippen molar-refractivity contribution in [3.8, 4) is 5.69 Å². The summed E-state index contributed by atoms with van der Waals surface area (Å²) in [6.45, 7) is 2.54. The highest BCUT2D eigenvalue weighted by atomic mass is 32.2. The van der Waals surface area contributed by atoms with Gasteiger partial charge in [-0.05, 0) is 73.2 Å². The van der Waals surface area contributed by atoms with Crippen molar-refractivity contribution in [1.29, 1.82) is 0 Å². The summed E-state index contributed by atoms with van der Waals surface area (Å²) in [4.78, 5) is 4.60. The summed E-state index contributed by atoms with van der Waals surface area (Å²) in [6, 6.07) is 10.3. The van der Waals surface area contributed by atoms with Crippen LogP contribution in [-0.2, 0) is 28.1 Å². The van der Waals surface area contributed by atoms with E-state index in [1.807, 2.05) is 18.4 Å². The lowest BCUT2D eigenvalue weighted by Gasteiger charge is -2.33. The average molecular weight is 579 g/mol. The number of fused-ring (bicyclic) bond motifs is 2. The van der Waals surface area contributed by atoms with E-state index in [2.05, 4.69) is 21.2 Å². The van der Waals surface area contributed by atoms with E-state index >= 15 is 0 Å². The van der Waals surface area contributed by atoms with Crippen LogP contribution in [0.3, 0.4) is 0 Å². The molecule has 1 saturated carbocycles. The summed E-state index contributed by atoms with van der Waals surface area (Å²) < 4.78 is 45.7. The number of halogens is 1. The van der Waals surface area contributed by atoms with Gasteiger partial charge in [-0.1, -0.05) is 0 Å². The molecule has 2 fully saturated rings. The molecule has 40 heavy (non-hydrogen) atoms. The molecule has 2 aromatic carbocycles. The first-order valence-corrected chi connectivity index (χ1v) is 15.3. The van der Waals surface area contributed by atoms with Gasteiger partial charge in [-0.25, -0.2) is 22.5 Å². The first kappa shape index (κ1) is 25.5. The van der Waals surface area contributed by atoms with Gasteiger partial charge in [0, 0.05) is 48.7 Å². The molecular formula is C28H27FN6O3S2. The van der Waals surface area contributed by atoms with Crippen LogP contribution in [0, 0.1) is 18.7 Å². The molecule has 0 bridgehead atoms. The van der Waals surface area contributed by atoms with Gasteiger partial charge in [-0.2, -0.15) is 14.5 Å². The monoisotopic (exact) mass is 578 g/mol. The predicted molar refractivity (Wildman–Crippen MR) is 148 cm³/mol. The van der Waals surface area contributed by atoms with Crippen molar-refractivity contribution < 1.29 is 17.9 Å². The molecular weight excluding hydrogens is 551 g/mol. The summed E-state index contributed by atoms with van der Waals surface area (Å²) in [5, 5.41) is 23.9. The maximum atomic E-state index is 13.7. The average Bonchev–Trinajstić information content (AvgIpc) is 3.72. The third-order valence-electron chi connectivity index (χ3n) is 8.53. The minimum Gasteiger partial charge on any atom is -0.383 e. The van der Waals surface area contributed by atoms with Crippen LogP contribution in [-0.4, -0.2) is 55.5 Å². The van der Waals surface area contributed by atoms with Crippen LogP contribution in [0.4, 0.5) is 4.39 Å². The second-order valence-corrected chi connectivity index (χ2v) is 13.8. The molecule has 206 valence electrons. The van der Waals surface area contributed by atoms with Crippen LogP contribution in [0.15, 0.2) is 71.5 Å². The predicted octanol–water partition coefficient (Wildman–Crippen LogP) is 3.90. The molecule has 2 aliphatic rings. The maximum absolute atomic E-state index is 13.7. The Balaban J connectivity index is 1.35. The van der Waals surface area contributed by atoms with E-state index < -0.39 is 21.0 Å². The van der Waals surface area contributed by atoms with Crippen LogP contribution in [0.1, 0.15) is 29.0 Å². The Morgan fingerprint density at radius 3 is 2.65 bits per heavy atom. The van der Waals surface area contributed by atoms with Gasteiger partial charge in [0.1, 0.15) is 21.3 Å². The number of nitrogens with zero attached hydrogens (tertiary/aromatic N) is 6. The Morgan fingerprint density at radius 1 is 1.15 bits per heavy atom. The fraction of sp³-hybridized carbons (Fsp3) is 0.321. The second kappa shape index (κ2) is 8.77. The summed E-state index contributed by atoms with van der Waals surface area (Å²) in [6.07, 6.45) is 7.13. The highest BCUT2D eigenvalue weighted by molar-refractivity contribution is 7.89. The quantitative estimate of drug-likeness (QED) is 0.339. The number of aromatic nitrogens is 5. The standard InChI is InChI=1S/C28H27FN6O3S2/c1-18-9-25-19(12-32-35(25)22-5-3-21(29)4-6-22)10-24(18)27-16-28(36,26-30-7-8-39-26)11-20(27)14-34(17-27)40(37,38)23-13-31-33(2)15-23/h3-10,12-13,15,20,36H,11,14,16-17H2,1-2H3. The first-order chi connectivity index (χ1) is 19.1. The van der Waals surface area contributed by atoms with Crippen molar-refractivity contribution in [2.75, 3.05) is 13.1 Å². The van der Waals surface area contributed by atoms with Crippen LogP contribution >= 0.6 is 11.3 Å². The van der Waals surface area contributed by atoms with Gasteiger partial charge >= 0.3 is 0 Å². The highest BCUT2D eigenvalue weighted by Gasteiger charge is 2.62. The Bertz CT molecular complexity index is 1850. The van der Waals surface area contributed by atoms with E-state index in [4.69, 9.17) is 0 Å². The van der Waals surface area contributed by atoms with Crippen molar-refractivity contribution in [2.45, 2.75) is 35.7 Å². The lowest BCUT2D eigenvalue weighted by Crippen LogP contribution is -2.38. The molecule has 0 spiro atoms. The van der Waals surface area contributed by atoms with Crippen molar-refractivity contribution in [2.24, 2.45) is 13.0 Å². The third kappa shape index (κ3) is 3.77. The summed E-state index contributed by atoms with van der Waals surface area (Å²) in [5.74, 6) is -0.444. The van der Waals surface area contributed by atoms with Gasteiger partial charge in [0.15, 0.2) is 0 Å². The number of hydrogen-bond donors (Lipinski definition) is 1. The molecule has 5 aromatic rings. The molecule has 3 aromatic heterocycles. The van der Waals surface area contributed by atoms with Crippen LogP contribution in [0.2, 0.25) is 0 Å². The molecule has 1 aliphatic carbocycles. The normalized spacial score (nSPS) is 25.1. The third-order valence-corrected chi connectivity index (χ3v) is 11.3. The second-order valence-electron chi connectivity index (χ2n) is 11.0. The zero-order chi connectivity index (χ0) is 27.9. The summed E-state index contributed by atoms with van der Waals surface area (Å²) in [5.41, 5.74) is 1.81. The van der Waals surface area contributed by atoms with Crippen LogP contribution in [0.25, 0.3) is 16.6 Å². The number of thiazole rings is 1. The SMILES string of the molecule is Cc1cc2c(cnn2-c2ccc(F)cc2)cc1C12CN(S(=O)(=O)c3cnn(C)c3)CC1CC(O)(c1nccs1)C2. The molecule has 1 N–H and O–H groups in total. The van der Waals surface area contributed by atoms with Crippen molar-refractivity contribution >= 4 is 32.3 Å². The highest BCUT2D eigenvalue weighted by Crippen LogP contribution is 2.59. The fourth-order valence-electron chi connectivity index (χ4n) is 6.77. The molecule has 12 heteroatoms. The molecule has 9 nitrogen and oxygen atoms in total. The number of benzene rings is 2. The van der Waals surface area contributed by atoms with E-state index in [1.54, 1.807) is 40.6 Å². The topological polar surface area (TPSA) is 106 Å². The Morgan fingerprint density at radius 2 is 1.95 bits per heavy atom. The number of hydrogen-bond acceptors (Lipinski definition) is 7. The van der Waals surface area contributed by atoms with E-state index in [-0.39, 0.29) is 29.7 Å². The number of rotatable bonds is 5. The largest absolute Gasteiger partial charge is 0.383 e. The van der Waals surface area contributed by atoms with Crippen LogP contribution in [0.5, 0.6) is 0 Å². The molecule has 1 aliphatic heterocycles. The lowest BCUT2D eigenvalue weighted by atomic mass is 9.72. The summed E-state index contributed by atoms with van der Waals surface area (Å²) in [7, 11) is -2.09. The van der Waals surface area contributed by atoms with Gasteiger partial charge in [0.25, 0.3) is 0 Å². The van der Waals surface area contributed by atoms with Crippen LogP contribution < -0.4 is 0 Å². The number of aliphatic hydroxyl groups is 1. The Kier molecular flexibility index (Phi) is 5.60. The van der Waals surface area contributed by atoms with Gasteiger partial charge in [-0.3, -0.25) is 4.68 Å². The van der Waals surface area contributed by atoms with Crippen molar-refractivity contribution in [3.63, 3.8) is 0 Å². The lowest BCUT2D eigenvalue weighted by molar-refractivity contribution is 0.0315. The Hall–Kier alpha value is -3.45. The minimum atomic E-state index is -3.78. The molecule has 1 saturated heterocycles. The molecule has 7 rings (SSSR count). The zero-order valence-corrected chi connectivity index (χ0v) is 23.5. The van der Waals surface area contributed by atoms with Crippen molar-refractivity contribution in [3.05, 3.63) is 88.5 Å². The fourth-order valence-corrected chi connectivity index (χ4v) is 9.06. The van der Waals surface area contributed by atoms with Gasteiger partial charge in [-0.15, -0.1) is 11.3 Å².